The summed E-state index contributed by atoms with van der Waals surface area (Å²) in [5.41, 5.74) is 3.88. The molecular formula is C32H34ClN3O. The number of aliphatic imine (C=N–C) groups is 1. The molecule has 0 atom stereocenters. The number of halogens is 1. The number of benzene rings is 4. The monoisotopic (exact) mass is 511 g/mol. The molecule has 37 heavy (non-hydrogen) atoms. The molecule has 0 aliphatic carbocycles. The van der Waals surface area contributed by atoms with E-state index in [0.717, 1.165) is 53.6 Å². The highest BCUT2D eigenvalue weighted by Crippen LogP contribution is 2.40. The molecule has 0 spiro atoms. The predicted octanol–water partition coefficient (Wildman–Crippen LogP) is 6.45. The Morgan fingerprint density at radius 3 is 1.68 bits per heavy atom. The van der Waals surface area contributed by atoms with Crippen LogP contribution in [-0.4, -0.2) is 32.7 Å². The van der Waals surface area contributed by atoms with E-state index in [1.54, 1.807) is 7.05 Å². The van der Waals surface area contributed by atoms with Crippen LogP contribution in [0.4, 0.5) is 0 Å². The van der Waals surface area contributed by atoms with Gasteiger partial charge in [-0.15, -0.1) is 0 Å². The zero-order chi connectivity index (χ0) is 25.8. The van der Waals surface area contributed by atoms with E-state index in [9.17, 15) is 0 Å². The highest BCUT2D eigenvalue weighted by molar-refractivity contribution is 6.30. The average molecular weight is 512 g/mol. The first kappa shape index (κ1) is 26.5. The van der Waals surface area contributed by atoms with Crippen LogP contribution in [0.3, 0.4) is 0 Å². The summed E-state index contributed by atoms with van der Waals surface area (Å²) in [4.78, 5) is 4.36. The minimum Gasteiger partial charge on any atom is -0.361 e. The van der Waals surface area contributed by atoms with Gasteiger partial charge in [-0.1, -0.05) is 115 Å². The van der Waals surface area contributed by atoms with Crippen molar-refractivity contribution in [1.29, 1.82) is 0 Å². The molecule has 0 heterocycles. The summed E-state index contributed by atoms with van der Waals surface area (Å²) < 4.78 is 6.84. The van der Waals surface area contributed by atoms with E-state index >= 15 is 0 Å². The van der Waals surface area contributed by atoms with Crippen LogP contribution in [0.25, 0.3) is 0 Å². The Bertz CT molecular complexity index is 1130. The van der Waals surface area contributed by atoms with Crippen molar-refractivity contribution in [2.75, 3.05) is 26.7 Å². The standard InChI is InChI=1S/C32H34ClN3O/c1-34-31(36-24-22-26-18-20-30(33)21-19-26)35-23-11-25-37-32(27-12-5-2-6-13-27,28-14-7-3-8-15-28)29-16-9-4-10-17-29/h2-10,12-21H,11,22-25H2,1H3,(H2,34,35,36). The highest BCUT2D eigenvalue weighted by Gasteiger charge is 2.37. The van der Waals surface area contributed by atoms with Crippen molar-refractivity contribution in [3.63, 3.8) is 0 Å². The molecule has 0 radical (unpaired) electrons. The fourth-order valence-electron chi connectivity index (χ4n) is 4.47. The summed E-state index contributed by atoms with van der Waals surface area (Å²) in [6.07, 6.45) is 1.72. The Hall–Kier alpha value is -3.60. The zero-order valence-electron chi connectivity index (χ0n) is 21.2. The first-order valence-electron chi connectivity index (χ1n) is 12.7. The molecule has 4 aromatic rings. The van der Waals surface area contributed by atoms with E-state index < -0.39 is 5.60 Å². The third-order valence-corrected chi connectivity index (χ3v) is 6.57. The van der Waals surface area contributed by atoms with E-state index in [4.69, 9.17) is 16.3 Å². The Labute approximate surface area is 225 Å². The normalized spacial score (nSPS) is 11.8. The van der Waals surface area contributed by atoms with E-state index in [1.165, 1.54) is 5.56 Å². The summed E-state index contributed by atoms with van der Waals surface area (Å²) in [5, 5.41) is 7.55. The number of ether oxygens (including phenoxy) is 1. The maximum Gasteiger partial charge on any atom is 0.190 e. The van der Waals surface area contributed by atoms with Crippen LogP contribution in [0.1, 0.15) is 28.7 Å². The van der Waals surface area contributed by atoms with Gasteiger partial charge in [-0.25, -0.2) is 0 Å². The van der Waals surface area contributed by atoms with Gasteiger partial charge in [-0.05, 0) is 47.2 Å². The molecule has 190 valence electrons. The molecule has 0 unspecified atom stereocenters. The molecule has 4 nitrogen and oxygen atoms in total. The molecule has 5 heteroatoms. The minimum absolute atomic E-state index is 0.577. The molecule has 4 aromatic carbocycles. The van der Waals surface area contributed by atoms with Crippen molar-refractivity contribution in [3.05, 3.63) is 143 Å². The number of hydrogen-bond donors (Lipinski definition) is 2. The highest BCUT2D eigenvalue weighted by atomic mass is 35.5. The lowest BCUT2D eigenvalue weighted by molar-refractivity contribution is 0.0120. The summed E-state index contributed by atoms with van der Waals surface area (Å²) >= 11 is 5.98. The van der Waals surface area contributed by atoms with E-state index in [2.05, 4.69) is 101 Å². The van der Waals surface area contributed by atoms with Crippen LogP contribution < -0.4 is 10.6 Å². The average Bonchev–Trinajstić information content (AvgIpc) is 2.96. The van der Waals surface area contributed by atoms with E-state index in [0.29, 0.717) is 6.61 Å². The van der Waals surface area contributed by atoms with Crippen LogP contribution in [0.15, 0.2) is 120 Å². The van der Waals surface area contributed by atoms with Gasteiger partial charge in [0.25, 0.3) is 0 Å². The quantitative estimate of drug-likeness (QED) is 0.105. The minimum atomic E-state index is -0.692. The first-order valence-corrected chi connectivity index (χ1v) is 13.1. The third kappa shape index (κ3) is 7.00. The molecule has 0 fully saturated rings. The van der Waals surface area contributed by atoms with Crippen molar-refractivity contribution < 1.29 is 4.74 Å². The van der Waals surface area contributed by atoms with Crippen molar-refractivity contribution in [2.24, 2.45) is 4.99 Å². The molecule has 0 saturated heterocycles. The van der Waals surface area contributed by atoms with Gasteiger partial charge >= 0.3 is 0 Å². The summed E-state index contributed by atoms with van der Waals surface area (Å²) in [6, 6.07) is 39.4. The second-order valence-electron chi connectivity index (χ2n) is 8.78. The van der Waals surface area contributed by atoms with Crippen molar-refractivity contribution in [3.8, 4) is 0 Å². The topological polar surface area (TPSA) is 45.7 Å². The largest absolute Gasteiger partial charge is 0.361 e. The molecule has 0 aliphatic heterocycles. The fraction of sp³-hybridized carbons (Fsp3) is 0.219. The Morgan fingerprint density at radius 2 is 1.19 bits per heavy atom. The van der Waals surface area contributed by atoms with Crippen molar-refractivity contribution >= 4 is 17.6 Å². The second-order valence-corrected chi connectivity index (χ2v) is 9.22. The number of rotatable bonds is 11. The molecule has 2 N–H and O–H groups in total. The van der Waals surface area contributed by atoms with Gasteiger partial charge in [-0.3, -0.25) is 4.99 Å². The van der Waals surface area contributed by atoms with Crippen LogP contribution in [0.2, 0.25) is 5.02 Å². The Kier molecular flexibility index (Phi) is 9.75. The van der Waals surface area contributed by atoms with E-state index in [1.807, 2.05) is 30.3 Å². The Balaban J connectivity index is 1.39. The smallest absolute Gasteiger partial charge is 0.190 e. The van der Waals surface area contributed by atoms with Gasteiger partial charge < -0.3 is 15.4 Å². The van der Waals surface area contributed by atoms with Crippen molar-refractivity contribution in [1.82, 2.24) is 10.6 Å². The summed E-state index contributed by atoms with van der Waals surface area (Å²) in [6.45, 7) is 2.11. The van der Waals surface area contributed by atoms with Gasteiger partial charge in [0, 0.05) is 25.2 Å². The predicted molar refractivity (Wildman–Crippen MR) is 154 cm³/mol. The van der Waals surface area contributed by atoms with Gasteiger partial charge in [-0.2, -0.15) is 0 Å². The van der Waals surface area contributed by atoms with Crippen LogP contribution in [0.5, 0.6) is 0 Å². The SMILES string of the molecule is CN=C(NCCCOC(c1ccccc1)(c1ccccc1)c1ccccc1)NCCc1ccc(Cl)cc1. The molecule has 4 rings (SSSR count). The van der Waals surface area contributed by atoms with Gasteiger partial charge in [0.05, 0.1) is 6.61 Å². The van der Waals surface area contributed by atoms with Crippen LogP contribution in [0, 0.1) is 0 Å². The molecule has 0 saturated carbocycles. The lowest BCUT2D eigenvalue weighted by atomic mass is 9.80. The third-order valence-electron chi connectivity index (χ3n) is 6.32. The Morgan fingerprint density at radius 1 is 0.703 bits per heavy atom. The number of hydrogen-bond acceptors (Lipinski definition) is 2. The number of nitrogens with one attached hydrogen (secondary N) is 2. The molecule has 0 bridgehead atoms. The van der Waals surface area contributed by atoms with Crippen molar-refractivity contribution in [2.45, 2.75) is 18.4 Å². The molecular weight excluding hydrogens is 478 g/mol. The lowest BCUT2D eigenvalue weighted by Crippen LogP contribution is -2.39. The molecule has 0 amide bonds. The van der Waals surface area contributed by atoms with Crippen LogP contribution in [-0.2, 0) is 16.8 Å². The van der Waals surface area contributed by atoms with Gasteiger partial charge in [0.1, 0.15) is 5.60 Å². The second kappa shape index (κ2) is 13.6. The zero-order valence-corrected chi connectivity index (χ0v) is 22.0. The van der Waals surface area contributed by atoms with Gasteiger partial charge in [0.15, 0.2) is 5.96 Å². The first-order chi connectivity index (χ1) is 18.2. The molecule has 0 aliphatic rings. The number of guanidine groups is 1. The fourth-order valence-corrected chi connectivity index (χ4v) is 4.60. The summed E-state index contributed by atoms with van der Waals surface area (Å²) in [5.74, 6) is 0.786. The lowest BCUT2D eigenvalue weighted by Gasteiger charge is -2.36. The molecule has 0 aromatic heterocycles. The maximum absolute atomic E-state index is 6.84. The maximum atomic E-state index is 6.84. The summed E-state index contributed by atoms with van der Waals surface area (Å²) in [7, 11) is 1.79. The van der Waals surface area contributed by atoms with Gasteiger partial charge in [0.2, 0.25) is 0 Å². The van der Waals surface area contributed by atoms with E-state index in [-0.39, 0.29) is 0 Å². The van der Waals surface area contributed by atoms with Crippen LogP contribution >= 0.6 is 11.6 Å². The number of nitrogens with zero attached hydrogens (tertiary/aromatic N) is 1.